The van der Waals surface area contributed by atoms with Crippen molar-refractivity contribution in [3.05, 3.63) is 35.7 Å². The van der Waals surface area contributed by atoms with Crippen molar-refractivity contribution in [3.8, 4) is 5.75 Å². The average molecular weight is 283 g/mol. The van der Waals surface area contributed by atoms with Crippen molar-refractivity contribution < 1.29 is 18.3 Å². The number of nitrogens with zero attached hydrogens (tertiary/aromatic N) is 2. The predicted octanol–water partition coefficient (Wildman–Crippen LogP) is 0.918. The van der Waals surface area contributed by atoms with Crippen LogP contribution in [0.1, 0.15) is 16.2 Å². The molecule has 0 atom stereocenters. The lowest BCUT2D eigenvalue weighted by molar-refractivity contribution is -0.0498. The summed E-state index contributed by atoms with van der Waals surface area (Å²) in [5, 5.41) is 8.66. The smallest absolute Gasteiger partial charge is 0.387 e. The minimum atomic E-state index is -2.94. The van der Waals surface area contributed by atoms with Crippen LogP contribution < -0.4 is 15.8 Å². The second kappa shape index (κ2) is 5.95. The fourth-order valence-electron chi connectivity index (χ4n) is 1.47. The standard InChI is InChI=1S/C11H11F2N5O2/c12-10(13)20-7-3-1-2-6(4-7)9(19)15-5-8-16-11(14)18-17-8/h1-4,10H,5H2,(H,15,19)(H3,14,16,17,18). The predicted molar refractivity (Wildman–Crippen MR) is 65.0 cm³/mol. The number of anilines is 1. The third kappa shape index (κ3) is 3.64. The molecular formula is C11H11F2N5O2. The molecule has 4 N–H and O–H groups in total. The fourth-order valence-corrected chi connectivity index (χ4v) is 1.47. The Balaban J connectivity index is 1.98. The van der Waals surface area contributed by atoms with Gasteiger partial charge in [-0.25, -0.2) is 0 Å². The van der Waals surface area contributed by atoms with Crippen LogP contribution >= 0.6 is 0 Å². The van der Waals surface area contributed by atoms with Crippen LogP contribution in [0.2, 0.25) is 0 Å². The van der Waals surface area contributed by atoms with Crippen molar-refractivity contribution in [2.24, 2.45) is 0 Å². The Hall–Kier alpha value is -2.71. The molecular weight excluding hydrogens is 272 g/mol. The summed E-state index contributed by atoms with van der Waals surface area (Å²) >= 11 is 0. The monoisotopic (exact) mass is 283 g/mol. The number of carbonyl (C=O) groups excluding carboxylic acids is 1. The van der Waals surface area contributed by atoms with E-state index in [1.807, 2.05) is 0 Å². The van der Waals surface area contributed by atoms with E-state index in [-0.39, 0.29) is 23.8 Å². The number of H-pyrrole nitrogens is 1. The minimum absolute atomic E-state index is 0.0709. The number of alkyl halides is 2. The summed E-state index contributed by atoms with van der Waals surface area (Å²) < 4.78 is 28.4. The molecule has 0 unspecified atom stereocenters. The minimum Gasteiger partial charge on any atom is -0.435 e. The maximum Gasteiger partial charge on any atom is 0.387 e. The molecule has 7 nitrogen and oxygen atoms in total. The van der Waals surface area contributed by atoms with Gasteiger partial charge in [0.15, 0.2) is 0 Å². The molecule has 0 aliphatic rings. The summed E-state index contributed by atoms with van der Waals surface area (Å²) in [5.41, 5.74) is 5.50. The molecule has 2 rings (SSSR count). The van der Waals surface area contributed by atoms with E-state index < -0.39 is 12.5 Å². The Morgan fingerprint density at radius 1 is 1.50 bits per heavy atom. The molecule has 0 aliphatic heterocycles. The van der Waals surface area contributed by atoms with Gasteiger partial charge in [0.2, 0.25) is 5.95 Å². The number of carbonyl (C=O) groups is 1. The number of amides is 1. The highest BCUT2D eigenvalue weighted by atomic mass is 19.3. The highest BCUT2D eigenvalue weighted by Crippen LogP contribution is 2.15. The Kier molecular flexibility index (Phi) is 4.08. The number of aromatic amines is 1. The quantitative estimate of drug-likeness (QED) is 0.756. The van der Waals surface area contributed by atoms with Crippen molar-refractivity contribution in [2.75, 3.05) is 5.73 Å². The van der Waals surface area contributed by atoms with Crippen LogP contribution in [0, 0.1) is 0 Å². The first-order chi connectivity index (χ1) is 9.54. The largest absolute Gasteiger partial charge is 0.435 e. The van der Waals surface area contributed by atoms with Gasteiger partial charge < -0.3 is 15.8 Å². The van der Waals surface area contributed by atoms with Gasteiger partial charge in [0, 0.05) is 5.56 Å². The lowest BCUT2D eigenvalue weighted by Crippen LogP contribution is -2.23. The van der Waals surface area contributed by atoms with Gasteiger partial charge in [-0.1, -0.05) is 6.07 Å². The number of hydrogen-bond acceptors (Lipinski definition) is 5. The van der Waals surface area contributed by atoms with Crippen molar-refractivity contribution in [2.45, 2.75) is 13.2 Å². The normalized spacial score (nSPS) is 10.6. The number of nitrogens with one attached hydrogen (secondary N) is 2. The number of hydrogen-bond donors (Lipinski definition) is 3. The summed E-state index contributed by atoms with van der Waals surface area (Å²) in [5.74, 6) is -0.0892. The van der Waals surface area contributed by atoms with E-state index in [0.29, 0.717) is 5.82 Å². The number of ether oxygens (including phenoxy) is 1. The van der Waals surface area contributed by atoms with E-state index in [2.05, 4.69) is 25.2 Å². The molecule has 0 bridgehead atoms. The number of benzene rings is 1. The van der Waals surface area contributed by atoms with Crippen molar-refractivity contribution in [3.63, 3.8) is 0 Å². The van der Waals surface area contributed by atoms with Gasteiger partial charge in [-0.05, 0) is 18.2 Å². The molecule has 0 saturated heterocycles. The molecule has 1 heterocycles. The molecule has 20 heavy (non-hydrogen) atoms. The van der Waals surface area contributed by atoms with E-state index in [1.54, 1.807) is 0 Å². The number of halogens is 2. The molecule has 9 heteroatoms. The number of nitrogen functional groups attached to an aromatic ring is 1. The van der Waals surface area contributed by atoms with Gasteiger partial charge in [-0.2, -0.15) is 13.8 Å². The maximum absolute atomic E-state index is 12.1. The maximum atomic E-state index is 12.1. The third-order valence-corrected chi connectivity index (χ3v) is 2.29. The zero-order chi connectivity index (χ0) is 14.5. The number of rotatable bonds is 5. The van der Waals surface area contributed by atoms with E-state index in [4.69, 9.17) is 5.73 Å². The zero-order valence-corrected chi connectivity index (χ0v) is 10.1. The summed E-state index contributed by atoms with van der Waals surface area (Å²) in [6, 6.07) is 5.47. The molecule has 1 aromatic heterocycles. The Bertz CT molecular complexity index is 602. The summed E-state index contributed by atoms with van der Waals surface area (Å²) in [6.07, 6.45) is 0. The van der Waals surface area contributed by atoms with Crippen LogP contribution in [-0.4, -0.2) is 27.7 Å². The lowest BCUT2D eigenvalue weighted by atomic mass is 10.2. The number of aromatic nitrogens is 3. The van der Waals surface area contributed by atoms with Crippen molar-refractivity contribution in [1.82, 2.24) is 20.5 Å². The molecule has 2 aromatic rings. The van der Waals surface area contributed by atoms with Gasteiger partial charge in [-0.3, -0.25) is 9.89 Å². The van der Waals surface area contributed by atoms with Gasteiger partial charge >= 0.3 is 6.61 Å². The second-order valence-corrected chi connectivity index (χ2v) is 3.73. The van der Waals surface area contributed by atoms with Gasteiger partial charge in [0.1, 0.15) is 11.6 Å². The summed E-state index contributed by atoms with van der Waals surface area (Å²) in [7, 11) is 0. The Labute approximate surface area is 112 Å². The van der Waals surface area contributed by atoms with Crippen LogP contribution in [0.4, 0.5) is 14.7 Å². The first-order valence-corrected chi connectivity index (χ1v) is 5.54. The highest BCUT2D eigenvalue weighted by Gasteiger charge is 2.10. The van der Waals surface area contributed by atoms with E-state index in [1.165, 1.54) is 24.3 Å². The Morgan fingerprint density at radius 2 is 2.30 bits per heavy atom. The van der Waals surface area contributed by atoms with Gasteiger partial charge in [0.25, 0.3) is 5.91 Å². The van der Waals surface area contributed by atoms with Gasteiger partial charge in [-0.15, -0.1) is 5.10 Å². The molecule has 1 aromatic carbocycles. The SMILES string of the molecule is Nc1n[nH]c(CNC(=O)c2cccc(OC(F)F)c2)n1. The number of nitrogens with two attached hydrogens (primary N) is 1. The highest BCUT2D eigenvalue weighted by molar-refractivity contribution is 5.94. The zero-order valence-electron chi connectivity index (χ0n) is 10.1. The average Bonchev–Trinajstić information content (AvgIpc) is 2.81. The second-order valence-electron chi connectivity index (χ2n) is 3.73. The summed E-state index contributed by atoms with van der Waals surface area (Å²) in [6.45, 7) is -2.85. The van der Waals surface area contributed by atoms with Crippen LogP contribution in [-0.2, 0) is 6.54 Å². The first-order valence-electron chi connectivity index (χ1n) is 5.54. The van der Waals surface area contributed by atoms with Crippen LogP contribution in [0.25, 0.3) is 0 Å². The summed E-state index contributed by atoms with van der Waals surface area (Å²) in [4.78, 5) is 15.6. The molecule has 106 valence electrons. The van der Waals surface area contributed by atoms with E-state index >= 15 is 0 Å². The Morgan fingerprint density at radius 3 is 2.95 bits per heavy atom. The van der Waals surface area contributed by atoms with Crippen LogP contribution in [0.15, 0.2) is 24.3 Å². The third-order valence-electron chi connectivity index (χ3n) is 2.29. The van der Waals surface area contributed by atoms with E-state index in [9.17, 15) is 13.6 Å². The molecule has 0 spiro atoms. The first kappa shape index (κ1) is 13.7. The van der Waals surface area contributed by atoms with Crippen molar-refractivity contribution >= 4 is 11.9 Å². The fraction of sp³-hybridized carbons (Fsp3) is 0.182. The van der Waals surface area contributed by atoms with Crippen molar-refractivity contribution in [1.29, 1.82) is 0 Å². The molecule has 0 aliphatic carbocycles. The molecule has 0 radical (unpaired) electrons. The molecule has 0 fully saturated rings. The van der Waals surface area contributed by atoms with Gasteiger partial charge in [0.05, 0.1) is 6.54 Å². The molecule has 1 amide bonds. The van der Waals surface area contributed by atoms with E-state index in [0.717, 1.165) is 0 Å². The van der Waals surface area contributed by atoms with Crippen LogP contribution in [0.3, 0.4) is 0 Å². The molecule has 0 saturated carbocycles. The lowest BCUT2D eigenvalue weighted by Gasteiger charge is -2.07. The van der Waals surface area contributed by atoms with Crippen LogP contribution in [0.5, 0.6) is 5.75 Å². The topological polar surface area (TPSA) is 106 Å².